The quantitative estimate of drug-likeness (QED) is 0.794. The normalized spacial score (nSPS) is 18.5. The Hall–Kier alpha value is -2.27. The van der Waals surface area contributed by atoms with E-state index in [0.29, 0.717) is 18.9 Å². The highest BCUT2D eigenvalue weighted by Gasteiger charge is 2.25. The fourth-order valence-corrected chi connectivity index (χ4v) is 4.32. The summed E-state index contributed by atoms with van der Waals surface area (Å²) in [4.78, 5) is 21.5. The number of nitrogens with zero attached hydrogens (tertiary/aromatic N) is 3. The van der Waals surface area contributed by atoms with Gasteiger partial charge in [-0.05, 0) is 68.6 Å². The predicted molar refractivity (Wildman–Crippen MR) is 108 cm³/mol. The van der Waals surface area contributed by atoms with Crippen LogP contribution in [0.1, 0.15) is 48.6 Å². The molecule has 0 aliphatic carbocycles. The molecule has 1 aromatic heterocycles. The van der Waals surface area contributed by atoms with E-state index in [0.717, 1.165) is 68.8 Å². The molecule has 2 aliphatic rings. The van der Waals surface area contributed by atoms with Gasteiger partial charge in [-0.15, -0.1) is 0 Å². The van der Waals surface area contributed by atoms with Crippen LogP contribution in [0.5, 0.6) is 0 Å². The van der Waals surface area contributed by atoms with Crippen molar-refractivity contribution in [2.24, 2.45) is 0 Å². The molecule has 0 N–H and O–H groups in total. The molecule has 0 bridgehead atoms. The van der Waals surface area contributed by atoms with Crippen LogP contribution in [-0.4, -0.2) is 53.4 Å². The number of likely N-dealkylation sites (tertiary alicyclic amines) is 2. The van der Waals surface area contributed by atoms with E-state index in [4.69, 9.17) is 4.98 Å². The molecule has 4 rings (SSSR count). The summed E-state index contributed by atoms with van der Waals surface area (Å²) in [6.07, 6.45) is 5.00. The molecule has 1 aromatic carbocycles. The Bertz CT molecular complexity index is 811. The maximum Gasteiger partial charge on any atom is 0.236 e. The van der Waals surface area contributed by atoms with E-state index in [2.05, 4.69) is 17.0 Å². The minimum atomic E-state index is -0.204. The third-order valence-corrected chi connectivity index (χ3v) is 5.93. The molecule has 2 saturated heterocycles. The first kappa shape index (κ1) is 19.1. The van der Waals surface area contributed by atoms with Crippen molar-refractivity contribution < 1.29 is 9.18 Å². The van der Waals surface area contributed by atoms with Gasteiger partial charge in [0.15, 0.2) is 0 Å². The molecule has 0 spiro atoms. The summed E-state index contributed by atoms with van der Waals surface area (Å²) in [5, 5.41) is 0. The van der Waals surface area contributed by atoms with Crippen LogP contribution in [0, 0.1) is 5.82 Å². The Morgan fingerprint density at radius 3 is 2.54 bits per heavy atom. The van der Waals surface area contributed by atoms with Crippen molar-refractivity contribution in [3.63, 3.8) is 0 Å². The average Bonchev–Trinajstić information content (AvgIpc) is 3.24. The predicted octanol–water partition coefficient (Wildman–Crippen LogP) is 3.61. The minimum absolute atomic E-state index is 0.204. The standard InChI is InChI=1S/C23H28FN3O/c24-20-6-3-5-18(15-20)16-21-7-4-8-22(25-21)19-9-13-26(14-10-19)17-23(28)27-11-1-2-12-27/h3-8,15,19H,1-2,9-14,16-17H2. The second-order valence-corrected chi connectivity index (χ2v) is 8.00. The van der Waals surface area contributed by atoms with Crippen molar-refractivity contribution in [2.45, 2.75) is 38.0 Å². The van der Waals surface area contributed by atoms with Crippen LogP contribution in [0.4, 0.5) is 4.39 Å². The Balaban J connectivity index is 1.32. The van der Waals surface area contributed by atoms with Crippen LogP contribution in [0.3, 0.4) is 0 Å². The molecule has 148 valence electrons. The number of piperidine rings is 1. The van der Waals surface area contributed by atoms with Gasteiger partial charge in [0.25, 0.3) is 0 Å². The molecule has 4 nitrogen and oxygen atoms in total. The SMILES string of the molecule is O=C(CN1CCC(c2cccc(Cc3cccc(F)c3)n2)CC1)N1CCCC1. The first-order valence-corrected chi connectivity index (χ1v) is 10.4. The van der Waals surface area contributed by atoms with Gasteiger partial charge in [0.1, 0.15) is 5.82 Å². The monoisotopic (exact) mass is 381 g/mol. The molecule has 3 heterocycles. The highest BCUT2D eigenvalue weighted by atomic mass is 19.1. The summed E-state index contributed by atoms with van der Waals surface area (Å²) in [7, 11) is 0. The summed E-state index contributed by atoms with van der Waals surface area (Å²) in [6.45, 7) is 4.30. The average molecular weight is 381 g/mol. The summed E-state index contributed by atoms with van der Waals surface area (Å²) in [5.41, 5.74) is 3.05. The number of aromatic nitrogens is 1. The number of carbonyl (C=O) groups is 1. The Morgan fingerprint density at radius 1 is 1.04 bits per heavy atom. The van der Waals surface area contributed by atoms with Gasteiger partial charge in [-0.25, -0.2) is 4.39 Å². The second-order valence-electron chi connectivity index (χ2n) is 8.00. The maximum atomic E-state index is 13.4. The van der Waals surface area contributed by atoms with Crippen LogP contribution in [0.15, 0.2) is 42.5 Å². The largest absolute Gasteiger partial charge is 0.342 e. The molecule has 1 amide bonds. The number of pyridine rings is 1. The lowest BCUT2D eigenvalue weighted by Crippen LogP contribution is -2.42. The first-order valence-electron chi connectivity index (χ1n) is 10.4. The molecular formula is C23H28FN3O. The number of carbonyl (C=O) groups excluding carboxylic acids is 1. The van der Waals surface area contributed by atoms with Crippen molar-refractivity contribution in [3.8, 4) is 0 Å². The van der Waals surface area contributed by atoms with Crippen molar-refractivity contribution in [3.05, 3.63) is 65.2 Å². The number of hydrogen-bond donors (Lipinski definition) is 0. The Labute approximate surface area is 166 Å². The van der Waals surface area contributed by atoms with Gasteiger partial charge < -0.3 is 4.90 Å². The molecule has 0 radical (unpaired) electrons. The van der Waals surface area contributed by atoms with Crippen LogP contribution < -0.4 is 0 Å². The van der Waals surface area contributed by atoms with E-state index in [1.165, 1.54) is 6.07 Å². The summed E-state index contributed by atoms with van der Waals surface area (Å²) in [5.74, 6) is 0.515. The summed E-state index contributed by atoms with van der Waals surface area (Å²) in [6, 6.07) is 12.9. The third-order valence-electron chi connectivity index (χ3n) is 5.93. The molecule has 28 heavy (non-hydrogen) atoms. The van der Waals surface area contributed by atoms with Crippen LogP contribution in [0.25, 0.3) is 0 Å². The van der Waals surface area contributed by atoms with Crippen LogP contribution in [-0.2, 0) is 11.2 Å². The van der Waals surface area contributed by atoms with Crippen molar-refractivity contribution in [2.75, 3.05) is 32.7 Å². The molecule has 0 saturated carbocycles. The number of rotatable bonds is 5. The topological polar surface area (TPSA) is 36.4 Å². The molecule has 2 aromatic rings. The fraction of sp³-hybridized carbons (Fsp3) is 0.478. The number of halogens is 1. The smallest absolute Gasteiger partial charge is 0.236 e. The lowest BCUT2D eigenvalue weighted by Gasteiger charge is -2.32. The Kier molecular flexibility index (Phi) is 6.01. The zero-order chi connectivity index (χ0) is 19.3. The maximum absolute atomic E-state index is 13.4. The third kappa shape index (κ3) is 4.76. The zero-order valence-electron chi connectivity index (χ0n) is 16.3. The van der Waals surface area contributed by atoms with Gasteiger partial charge in [-0.2, -0.15) is 0 Å². The highest BCUT2D eigenvalue weighted by molar-refractivity contribution is 5.78. The lowest BCUT2D eigenvalue weighted by molar-refractivity contribution is -0.131. The molecule has 0 atom stereocenters. The zero-order valence-corrected chi connectivity index (χ0v) is 16.3. The first-order chi connectivity index (χ1) is 13.7. The van der Waals surface area contributed by atoms with Crippen molar-refractivity contribution >= 4 is 5.91 Å². The van der Waals surface area contributed by atoms with E-state index < -0.39 is 0 Å². The van der Waals surface area contributed by atoms with Crippen LogP contribution in [0.2, 0.25) is 0 Å². The van der Waals surface area contributed by atoms with Gasteiger partial charge in [-0.3, -0.25) is 14.7 Å². The van der Waals surface area contributed by atoms with E-state index >= 15 is 0 Å². The molecule has 2 fully saturated rings. The number of hydrogen-bond acceptors (Lipinski definition) is 3. The van der Waals surface area contributed by atoms with Crippen LogP contribution >= 0.6 is 0 Å². The van der Waals surface area contributed by atoms with Crippen molar-refractivity contribution in [1.29, 1.82) is 0 Å². The van der Waals surface area contributed by atoms with E-state index in [1.54, 1.807) is 12.1 Å². The van der Waals surface area contributed by atoms with Gasteiger partial charge >= 0.3 is 0 Å². The van der Waals surface area contributed by atoms with Gasteiger partial charge in [0.05, 0.1) is 6.54 Å². The number of benzene rings is 1. The molecule has 2 aliphatic heterocycles. The van der Waals surface area contributed by atoms with E-state index in [-0.39, 0.29) is 11.7 Å². The van der Waals surface area contributed by atoms with Gasteiger partial charge in [-0.1, -0.05) is 18.2 Å². The number of amides is 1. The Morgan fingerprint density at radius 2 is 1.79 bits per heavy atom. The minimum Gasteiger partial charge on any atom is -0.342 e. The van der Waals surface area contributed by atoms with E-state index in [9.17, 15) is 9.18 Å². The summed E-state index contributed by atoms with van der Waals surface area (Å²) < 4.78 is 13.4. The molecule has 0 unspecified atom stereocenters. The second kappa shape index (κ2) is 8.82. The molecule has 5 heteroatoms. The highest BCUT2D eigenvalue weighted by Crippen LogP contribution is 2.27. The molecular weight excluding hydrogens is 353 g/mol. The van der Waals surface area contributed by atoms with Crippen molar-refractivity contribution in [1.82, 2.24) is 14.8 Å². The van der Waals surface area contributed by atoms with Gasteiger partial charge in [0.2, 0.25) is 5.91 Å². The fourth-order valence-electron chi connectivity index (χ4n) is 4.32. The van der Waals surface area contributed by atoms with E-state index in [1.807, 2.05) is 17.0 Å². The summed E-state index contributed by atoms with van der Waals surface area (Å²) >= 11 is 0. The lowest BCUT2D eigenvalue weighted by atomic mass is 9.92. The van der Waals surface area contributed by atoms with Gasteiger partial charge in [0, 0.05) is 36.8 Å².